The first kappa shape index (κ1) is 12.7. The Hall–Kier alpha value is -1.26. The van der Waals surface area contributed by atoms with E-state index in [1.165, 1.54) is 4.90 Å². The van der Waals surface area contributed by atoms with Crippen molar-refractivity contribution in [3.8, 4) is 0 Å². The van der Waals surface area contributed by atoms with E-state index < -0.39 is 11.9 Å². The van der Waals surface area contributed by atoms with Gasteiger partial charge in [-0.2, -0.15) is 0 Å². The van der Waals surface area contributed by atoms with E-state index in [0.717, 1.165) is 6.42 Å². The molecule has 1 unspecified atom stereocenters. The van der Waals surface area contributed by atoms with Crippen molar-refractivity contribution < 1.29 is 14.7 Å². The van der Waals surface area contributed by atoms with Gasteiger partial charge in [0.25, 0.3) is 0 Å². The maximum Gasteiger partial charge on any atom is 0.317 e. The molecule has 0 bridgehead atoms. The van der Waals surface area contributed by atoms with Crippen LogP contribution in [0.5, 0.6) is 0 Å². The Morgan fingerprint density at radius 3 is 2.50 bits per heavy atom. The number of carboxylic acid groups (broad SMARTS) is 1. The fourth-order valence-corrected chi connectivity index (χ4v) is 0.939. The van der Waals surface area contributed by atoms with Crippen molar-refractivity contribution in [1.82, 2.24) is 10.2 Å². The monoisotopic (exact) mass is 202 g/mol. The average Bonchev–Trinajstić information content (AvgIpc) is 2.13. The van der Waals surface area contributed by atoms with Crippen LogP contribution in [0, 0.1) is 5.92 Å². The molecule has 14 heavy (non-hydrogen) atoms. The molecule has 0 aromatic rings. The molecule has 0 aromatic heterocycles. The van der Waals surface area contributed by atoms with Gasteiger partial charge in [-0.15, -0.1) is 0 Å². The second-order valence-corrected chi connectivity index (χ2v) is 3.35. The molecular weight excluding hydrogens is 184 g/mol. The second kappa shape index (κ2) is 6.23. The number of amides is 2. The molecule has 5 heteroatoms. The highest BCUT2D eigenvalue weighted by molar-refractivity contribution is 5.75. The van der Waals surface area contributed by atoms with Crippen LogP contribution in [0.4, 0.5) is 4.79 Å². The summed E-state index contributed by atoms with van der Waals surface area (Å²) < 4.78 is 0. The van der Waals surface area contributed by atoms with Crippen molar-refractivity contribution in [3.63, 3.8) is 0 Å². The molecule has 0 heterocycles. The summed E-state index contributed by atoms with van der Waals surface area (Å²) in [7, 11) is 1.59. The quantitative estimate of drug-likeness (QED) is 0.691. The van der Waals surface area contributed by atoms with Crippen LogP contribution in [0.1, 0.15) is 20.3 Å². The second-order valence-electron chi connectivity index (χ2n) is 3.35. The highest BCUT2D eigenvalue weighted by Gasteiger charge is 2.16. The lowest BCUT2D eigenvalue weighted by atomic mass is 10.2. The summed E-state index contributed by atoms with van der Waals surface area (Å²) in [6.07, 6.45) is 0.869. The average molecular weight is 202 g/mol. The topological polar surface area (TPSA) is 69.6 Å². The Balaban J connectivity index is 3.88. The lowest BCUT2D eigenvalue weighted by Crippen LogP contribution is -2.41. The van der Waals surface area contributed by atoms with E-state index in [9.17, 15) is 9.59 Å². The Labute approximate surface area is 84.1 Å². The van der Waals surface area contributed by atoms with Crippen LogP contribution in [0.2, 0.25) is 0 Å². The molecule has 0 fully saturated rings. The Kier molecular flexibility index (Phi) is 5.67. The third-order valence-corrected chi connectivity index (χ3v) is 1.84. The normalized spacial score (nSPS) is 11.9. The van der Waals surface area contributed by atoms with Crippen LogP contribution in [-0.2, 0) is 4.79 Å². The third-order valence-electron chi connectivity index (χ3n) is 1.84. The number of hydrogen-bond acceptors (Lipinski definition) is 2. The van der Waals surface area contributed by atoms with Crippen LogP contribution in [0.3, 0.4) is 0 Å². The Morgan fingerprint density at radius 2 is 2.07 bits per heavy atom. The Bertz CT molecular complexity index is 206. The minimum absolute atomic E-state index is 0.222. The van der Waals surface area contributed by atoms with Gasteiger partial charge in [0.05, 0.1) is 5.92 Å². The number of nitrogens with zero attached hydrogens (tertiary/aromatic N) is 1. The van der Waals surface area contributed by atoms with E-state index in [1.54, 1.807) is 14.0 Å². The minimum Gasteiger partial charge on any atom is -0.481 e. The molecule has 0 aromatic carbocycles. The zero-order chi connectivity index (χ0) is 11.1. The van der Waals surface area contributed by atoms with Crippen LogP contribution in [-0.4, -0.2) is 42.1 Å². The lowest BCUT2D eigenvalue weighted by Gasteiger charge is -2.19. The van der Waals surface area contributed by atoms with E-state index in [4.69, 9.17) is 5.11 Å². The van der Waals surface area contributed by atoms with Gasteiger partial charge in [0, 0.05) is 20.1 Å². The SMILES string of the molecule is CCCNC(=O)N(C)CC(C)C(=O)O. The fraction of sp³-hybridized carbons (Fsp3) is 0.778. The zero-order valence-corrected chi connectivity index (χ0v) is 8.91. The first-order valence-electron chi connectivity index (χ1n) is 4.70. The van der Waals surface area contributed by atoms with Gasteiger partial charge < -0.3 is 15.3 Å². The summed E-state index contributed by atoms with van der Waals surface area (Å²) in [5, 5.41) is 11.3. The standard InChI is InChI=1S/C9H18N2O3/c1-4-5-10-9(14)11(3)6-7(2)8(12)13/h7H,4-6H2,1-3H3,(H,10,14)(H,12,13). The first-order valence-corrected chi connectivity index (χ1v) is 4.70. The maximum absolute atomic E-state index is 11.3. The number of urea groups is 1. The number of nitrogens with one attached hydrogen (secondary N) is 1. The van der Waals surface area contributed by atoms with Crippen molar-refractivity contribution in [2.24, 2.45) is 5.92 Å². The van der Waals surface area contributed by atoms with Crippen LogP contribution in [0.25, 0.3) is 0 Å². The van der Waals surface area contributed by atoms with E-state index >= 15 is 0 Å². The fourth-order valence-electron chi connectivity index (χ4n) is 0.939. The zero-order valence-electron chi connectivity index (χ0n) is 8.91. The van der Waals surface area contributed by atoms with Crippen LogP contribution < -0.4 is 5.32 Å². The Morgan fingerprint density at radius 1 is 1.50 bits per heavy atom. The third kappa shape index (κ3) is 4.69. The predicted octanol–water partition coefficient (Wildman–Crippen LogP) is 0.758. The molecule has 0 rings (SSSR count). The number of hydrogen-bond donors (Lipinski definition) is 2. The molecule has 1 atom stereocenters. The minimum atomic E-state index is -0.889. The molecule has 0 saturated carbocycles. The smallest absolute Gasteiger partial charge is 0.317 e. The van der Waals surface area contributed by atoms with Crippen molar-refractivity contribution in [2.75, 3.05) is 20.1 Å². The molecule has 0 aliphatic heterocycles. The molecule has 0 aliphatic rings. The predicted molar refractivity (Wildman–Crippen MR) is 53.1 cm³/mol. The molecule has 0 saturated heterocycles. The first-order chi connectivity index (χ1) is 6.49. The van der Waals surface area contributed by atoms with Gasteiger partial charge >= 0.3 is 12.0 Å². The molecule has 0 aliphatic carbocycles. The van der Waals surface area contributed by atoms with E-state index in [0.29, 0.717) is 6.54 Å². The van der Waals surface area contributed by atoms with Gasteiger partial charge in [-0.1, -0.05) is 13.8 Å². The number of carbonyl (C=O) groups is 2. The van der Waals surface area contributed by atoms with Crippen LogP contribution in [0.15, 0.2) is 0 Å². The van der Waals surface area contributed by atoms with Gasteiger partial charge in [-0.05, 0) is 6.42 Å². The lowest BCUT2D eigenvalue weighted by molar-refractivity contribution is -0.141. The molecule has 5 nitrogen and oxygen atoms in total. The molecule has 0 spiro atoms. The summed E-state index contributed by atoms with van der Waals surface area (Å²) in [5.41, 5.74) is 0. The molecule has 82 valence electrons. The number of rotatable bonds is 5. The van der Waals surface area contributed by atoms with E-state index in [2.05, 4.69) is 5.32 Å². The number of aliphatic carboxylic acids is 1. The summed E-state index contributed by atoms with van der Waals surface area (Å²) in [6, 6.07) is -0.222. The summed E-state index contributed by atoms with van der Waals surface area (Å²) in [6.45, 7) is 4.38. The highest BCUT2D eigenvalue weighted by Crippen LogP contribution is 1.98. The summed E-state index contributed by atoms with van der Waals surface area (Å²) >= 11 is 0. The molecule has 2 amide bonds. The van der Waals surface area contributed by atoms with Gasteiger partial charge in [0.1, 0.15) is 0 Å². The van der Waals surface area contributed by atoms with E-state index in [1.807, 2.05) is 6.92 Å². The molecular formula is C9H18N2O3. The summed E-state index contributed by atoms with van der Waals surface area (Å²) in [4.78, 5) is 23.2. The van der Waals surface area contributed by atoms with Crippen LogP contribution >= 0.6 is 0 Å². The van der Waals surface area contributed by atoms with Gasteiger partial charge in [0.15, 0.2) is 0 Å². The van der Waals surface area contributed by atoms with Crippen molar-refractivity contribution >= 4 is 12.0 Å². The van der Waals surface area contributed by atoms with Gasteiger partial charge in [0.2, 0.25) is 0 Å². The highest BCUT2D eigenvalue weighted by atomic mass is 16.4. The number of carbonyl (C=O) groups excluding carboxylic acids is 1. The van der Waals surface area contributed by atoms with Crippen molar-refractivity contribution in [3.05, 3.63) is 0 Å². The maximum atomic E-state index is 11.3. The largest absolute Gasteiger partial charge is 0.481 e. The number of carboxylic acids is 1. The van der Waals surface area contributed by atoms with Crippen molar-refractivity contribution in [1.29, 1.82) is 0 Å². The summed E-state index contributed by atoms with van der Waals surface area (Å²) in [5.74, 6) is -1.42. The van der Waals surface area contributed by atoms with E-state index in [-0.39, 0.29) is 12.6 Å². The van der Waals surface area contributed by atoms with Gasteiger partial charge in [-0.25, -0.2) is 4.79 Å². The molecule has 0 radical (unpaired) electrons. The molecule has 2 N–H and O–H groups in total. The van der Waals surface area contributed by atoms with Gasteiger partial charge in [-0.3, -0.25) is 4.79 Å². The van der Waals surface area contributed by atoms with Crippen molar-refractivity contribution in [2.45, 2.75) is 20.3 Å².